The number of hydrogen-bond acceptors (Lipinski definition) is 6. The number of benzene rings is 1. The number of carbonyl (C=O) groups excluding carboxylic acids is 2. The average molecular weight is 549 g/mol. The second-order valence-electron chi connectivity index (χ2n) is 12.1. The first kappa shape index (κ1) is 30.8. The largest absolute Gasteiger partial charge is 0.444 e. The zero-order chi connectivity index (χ0) is 28.7. The van der Waals surface area contributed by atoms with E-state index in [1.165, 1.54) is 12.1 Å². The van der Waals surface area contributed by atoms with Crippen LogP contribution in [-0.4, -0.2) is 88.6 Å². The van der Waals surface area contributed by atoms with Gasteiger partial charge in [-0.3, -0.25) is 4.79 Å². The molecule has 1 fully saturated rings. The number of rotatable bonds is 11. The number of nitrogens with zero attached hydrogens (tertiary/aromatic N) is 4. The summed E-state index contributed by atoms with van der Waals surface area (Å²) >= 11 is 0. The van der Waals surface area contributed by atoms with Crippen molar-refractivity contribution in [1.82, 2.24) is 19.4 Å². The fourth-order valence-electron chi connectivity index (χ4n) is 5.19. The van der Waals surface area contributed by atoms with Crippen LogP contribution in [0.25, 0.3) is 11.0 Å². The molecule has 1 aromatic carbocycles. The molecule has 3 rings (SSSR count). The van der Waals surface area contributed by atoms with Crippen LogP contribution in [0.15, 0.2) is 18.2 Å². The van der Waals surface area contributed by atoms with E-state index in [2.05, 4.69) is 4.98 Å². The van der Waals surface area contributed by atoms with Crippen LogP contribution in [0.1, 0.15) is 64.5 Å². The van der Waals surface area contributed by atoms with Crippen LogP contribution in [0.5, 0.6) is 0 Å². The number of piperidine rings is 1. The molecular formula is C29H45FN4O5. The standard InChI is InChI=1S/C29H45FN4O5/c1-20(2)15-32(16-21-13-22(19-35)18-33(17-21)28(37)39-29(3,4)5)27(36)26-31-24-10-9-23(30)14-25(24)34(26)11-7-8-12-38-6/h9-10,14,20-22,35H,7-8,11-13,15-19H2,1-6H3. The number of likely N-dealkylation sites (tertiary alicyclic amines) is 1. The lowest BCUT2D eigenvalue weighted by atomic mass is 9.89. The van der Waals surface area contributed by atoms with Gasteiger partial charge in [0.15, 0.2) is 5.82 Å². The van der Waals surface area contributed by atoms with Crippen LogP contribution >= 0.6 is 0 Å². The summed E-state index contributed by atoms with van der Waals surface area (Å²) in [5, 5.41) is 9.96. The minimum Gasteiger partial charge on any atom is -0.444 e. The summed E-state index contributed by atoms with van der Waals surface area (Å²) in [6.07, 6.45) is 1.84. The van der Waals surface area contributed by atoms with Crippen molar-refractivity contribution in [3.8, 4) is 0 Å². The molecule has 2 heterocycles. The van der Waals surface area contributed by atoms with E-state index in [0.717, 1.165) is 12.8 Å². The third-order valence-corrected chi connectivity index (χ3v) is 6.77. The van der Waals surface area contributed by atoms with Gasteiger partial charge in [0.25, 0.3) is 5.91 Å². The Bertz CT molecular complexity index is 1110. The van der Waals surface area contributed by atoms with E-state index in [0.29, 0.717) is 56.8 Å². The Morgan fingerprint density at radius 3 is 2.56 bits per heavy atom. The molecular weight excluding hydrogens is 503 g/mol. The van der Waals surface area contributed by atoms with Crippen LogP contribution in [-0.2, 0) is 16.0 Å². The minimum absolute atomic E-state index is 0.0388. The first-order valence-electron chi connectivity index (χ1n) is 13.9. The molecule has 0 bridgehead atoms. The third kappa shape index (κ3) is 8.63. The van der Waals surface area contributed by atoms with E-state index in [1.807, 2.05) is 39.2 Å². The van der Waals surface area contributed by atoms with Gasteiger partial charge in [0.2, 0.25) is 0 Å². The molecule has 2 unspecified atom stereocenters. The summed E-state index contributed by atoms with van der Waals surface area (Å²) in [4.78, 5) is 35.0. The molecule has 1 aliphatic rings. The normalized spacial score (nSPS) is 18.1. The van der Waals surface area contributed by atoms with Crippen LogP contribution in [0, 0.1) is 23.6 Å². The number of aryl methyl sites for hydroxylation is 1. The number of carbonyl (C=O) groups is 2. The number of aromatic nitrogens is 2. The molecule has 218 valence electrons. The molecule has 9 nitrogen and oxygen atoms in total. The smallest absolute Gasteiger partial charge is 0.410 e. The van der Waals surface area contributed by atoms with E-state index in [4.69, 9.17) is 9.47 Å². The summed E-state index contributed by atoms with van der Waals surface area (Å²) in [7, 11) is 1.65. The molecule has 39 heavy (non-hydrogen) atoms. The fourth-order valence-corrected chi connectivity index (χ4v) is 5.19. The monoisotopic (exact) mass is 548 g/mol. The summed E-state index contributed by atoms with van der Waals surface area (Å²) in [5.74, 6) is -0.249. The molecule has 2 aromatic rings. The van der Waals surface area contributed by atoms with Gasteiger partial charge in [-0.15, -0.1) is 0 Å². The zero-order valence-corrected chi connectivity index (χ0v) is 24.3. The molecule has 1 saturated heterocycles. The number of hydrogen-bond donors (Lipinski definition) is 1. The second kappa shape index (κ2) is 13.6. The van der Waals surface area contributed by atoms with E-state index >= 15 is 0 Å². The molecule has 2 amide bonds. The summed E-state index contributed by atoms with van der Waals surface area (Å²) in [6, 6.07) is 4.38. The average Bonchev–Trinajstić information content (AvgIpc) is 3.21. The van der Waals surface area contributed by atoms with Gasteiger partial charge in [0.1, 0.15) is 11.4 Å². The first-order valence-corrected chi connectivity index (χ1v) is 13.9. The third-order valence-electron chi connectivity index (χ3n) is 6.77. The zero-order valence-electron chi connectivity index (χ0n) is 24.3. The van der Waals surface area contributed by atoms with Crippen molar-refractivity contribution in [2.45, 2.75) is 66.0 Å². The number of aliphatic hydroxyl groups is 1. The maximum Gasteiger partial charge on any atom is 0.410 e. The van der Waals surface area contributed by atoms with E-state index in [9.17, 15) is 19.1 Å². The minimum atomic E-state index is -0.625. The first-order chi connectivity index (χ1) is 18.4. The van der Waals surface area contributed by atoms with Crippen LogP contribution in [0.4, 0.5) is 9.18 Å². The van der Waals surface area contributed by atoms with Gasteiger partial charge in [0, 0.05) is 59.0 Å². The Labute approximate surface area is 231 Å². The Morgan fingerprint density at radius 1 is 1.21 bits per heavy atom. The molecule has 1 N–H and O–H groups in total. The lowest BCUT2D eigenvalue weighted by Crippen LogP contribution is -2.50. The van der Waals surface area contributed by atoms with Crippen molar-refractivity contribution in [3.05, 3.63) is 29.8 Å². The molecule has 2 atom stereocenters. The maximum atomic E-state index is 14.2. The van der Waals surface area contributed by atoms with Gasteiger partial charge in [0.05, 0.1) is 11.0 Å². The predicted octanol–water partition coefficient (Wildman–Crippen LogP) is 4.57. The van der Waals surface area contributed by atoms with Crippen molar-refractivity contribution in [1.29, 1.82) is 0 Å². The van der Waals surface area contributed by atoms with Gasteiger partial charge in [-0.05, 0) is 70.1 Å². The molecule has 0 saturated carbocycles. The van der Waals surface area contributed by atoms with Gasteiger partial charge >= 0.3 is 6.09 Å². The van der Waals surface area contributed by atoms with E-state index < -0.39 is 11.7 Å². The van der Waals surface area contributed by atoms with Crippen molar-refractivity contribution in [3.63, 3.8) is 0 Å². The number of amides is 2. The van der Waals surface area contributed by atoms with Gasteiger partial charge in [-0.1, -0.05) is 13.8 Å². The van der Waals surface area contributed by atoms with Crippen molar-refractivity contribution >= 4 is 23.0 Å². The highest BCUT2D eigenvalue weighted by molar-refractivity contribution is 5.95. The highest BCUT2D eigenvalue weighted by Gasteiger charge is 2.35. The number of fused-ring (bicyclic) bond motifs is 1. The summed E-state index contributed by atoms with van der Waals surface area (Å²) < 4.78 is 26.7. The highest BCUT2D eigenvalue weighted by Crippen LogP contribution is 2.26. The van der Waals surface area contributed by atoms with Gasteiger partial charge in [-0.25, -0.2) is 14.2 Å². The number of imidazole rings is 1. The maximum absolute atomic E-state index is 14.2. The lowest BCUT2D eigenvalue weighted by molar-refractivity contribution is 0.00170. The van der Waals surface area contributed by atoms with Crippen molar-refractivity contribution < 1.29 is 28.6 Å². The SMILES string of the molecule is COCCCCn1c(C(=O)N(CC(C)C)CC2CC(CO)CN(C(=O)OC(C)(C)C)C2)nc2ccc(F)cc21. The van der Waals surface area contributed by atoms with Crippen LogP contribution in [0.3, 0.4) is 0 Å². The van der Waals surface area contributed by atoms with E-state index in [1.54, 1.807) is 23.0 Å². The van der Waals surface area contributed by atoms with Gasteiger partial charge in [-0.2, -0.15) is 0 Å². The molecule has 1 aromatic heterocycles. The van der Waals surface area contributed by atoms with Crippen LogP contribution in [0.2, 0.25) is 0 Å². The number of halogens is 1. The van der Waals surface area contributed by atoms with E-state index in [-0.39, 0.29) is 41.9 Å². The number of methoxy groups -OCH3 is 1. The van der Waals surface area contributed by atoms with Crippen molar-refractivity contribution in [2.75, 3.05) is 46.5 Å². The summed E-state index contributed by atoms with van der Waals surface area (Å²) in [5.41, 5.74) is 0.541. The fraction of sp³-hybridized carbons (Fsp3) is 0.690. The predicted molar refractivity (Wildman–Crippen MR) is 148 cm³/mol. The number of aliphatic hydroxyl groups excluding tert-OH is 1. The number of ether oxygens (including phenoxy) is 2. The Morgan fingerprint density at radius 2 is 1.92 bits per heavy atom. The molecule has 0 spiro atoms. The quantitative estimate of drug-likeness (QED) is 0.414. The number of unbranched alkanes of at least 4 members (excludes halogenated alkanes) is 1. The molecule has 0 radical (unpaired) electrons. The van der Waals surface area contributed by atoms with Crippen molar-refractivity contribution in [2.24, 2.45) is 17.8 Å². The molecule has 0 aliphatic carbocycles. The Hall–Kier alpha value is -2.72. The Balaban J connectivity index is 1.88. The van der Waals surface area contributed by atoms with Gasteiger partial charge < -0.3 is 28.9 Å². The summed E-state index contributed by atoms with van der Waals surface area (Å²) in [6.45, 7) is 12.4. The Kier molecular flexibility index (Phi) is 10.7. The molecule has 10 heteroatoms. The highest BCUT2D eigenvalue weighted by atomic mass is 19.1. The second-order valence-corrected chi connectivity index (χ2v) is 12.1. The molecule has 1 aliphatic heterocycles. The topological polar surface area (TPSA) is 97.1 Å². The van der Waals surface area contributed by atoms with Crippen LogP contribution < -0.4 is 0 Å². The lowest BCUT2D eigenvalue weighted by Gasteiger charge is -2.39.